The predicted octanol–water partition coefficient (Wildman–Crippen LogP) is 5.18. The first-order chi connectivity index (χ1) is 17.9. The summed E-state index contributed by atoms with van der Waals surface area (Å²) in [4.78, 5) is 30.1. The summed E-state index contributed by atoms with van der Waals surface area (Å²) in [5.74, 6) is -0.0240. The van der Waals surface area contributed by atoms with Crippen LogP contribution in [0, 0.1) is 29.5 Å². The fourth-order valence-electron chi connectivity index (χ4n) is 6.94. The molecule has 0 amide bonds. The lowest BCUT2D eigenvalue weighted by Crippen LogP contribution is -2.63. The molecular weight excluding hydrogens is 471 g/mol. The molecule has 2 aromatic rings. The van der Waals surface area contributed by atoms with Crippen LogP contribution in [0.4, 0.5) is 4.39 Å². The van der Waals surface area contributed by atoms with Gasteiger partial charge in [0.15, 0.2) is 0 Å². The molecule has 6 atom stereocenters. The fourth-order valence-corrected chi connectivity index (χ4v) is 6.94. The molecule has 196 valence electrons. The highest BCUT2D eigenvalue weighted by molar-refractivity contribution is 5.85. The fraction of sp³-hybridized carbons (Fsp3) is 0.500. The van der Waals surface area contributed by atoms with Gasteiger partial charge < -0.3 is 9.47 Å². The van der Waals surface area contributed by atoms with E-state index in [2.05, 4.69) is 16.4 Å². The summed E-state index contributed by atoms with van der Waals surface area (Å²) in [7, 11) is 0. The minimum atomic E-state index is -0.894. The number of benzene rings is 1. The number of carbonyl (C=O) groups excluding carboxylic acids is 2. The number of carbonyl (C=O) groups is 2. The molecule has 1 saturated heterocycles. The summed E-state index contributed by atoms with van der Waals surface area (Å²) in [5, 5.41) is 3.32. The van der Waals surface area contributed by atoms with Crippen molar-refractivity contribution in [2.75, 3.05) is 13.2 Å². The number of hydrogen-bond acceptors (Lipinski definition) is 6. The minimum absolute atomic E-state index is 0.0108. The van der Waals surface area contributed by atoms with Gasteiger partial charge in [-0.1, -0.05) is 43.5 Å². The van der Waals surface area contributed by atoms with E-state index in [0.717, 1.165) is 36.1 Å². The van der Waals surface area contributed by atoms with Gasteiger partial charge in [-0.05, 0) is 74.3 Å². The van der Waals surface area contributed by atoms with Gasteiger partial charge in [-0.2, -0.15) is 0 Å². The maximum Gasteiger partial charge on any atom is 0.327 e. The van der Waals surface area contributed by atoms with Crippen LogP contribution >= 0.6 is 0 Å². The lowest BCUT2D eigenvalue weighted by Gasteiger charge is -2.51. The second-order valence-electron chi connectivity index (χ2n) is 10.6. The first-order valence-electron chi connectivity index (χ1n) is 13.4. The summed E-state index contributed by atoms with van der Waals surface area (Å²) < 4.78 is 24.6. The first-order valence-corrected chi connectivity index (χ1v) is 13.4. The molecule has 2 aliphatic carbocycles. The van der Waals surface area contributed by atoms with E-state index in [9.17, 15) is 14.0 Å². The monoisotopic (exact) mass is 506 g/mol. The number of pyridine rings is 1. The second kappa shape index (κ2) is 10.7. The van der Waals surface area contributed by atoms with Crippen molar-refractivity contribution in [2.24, 2.45) is 23.7 Å². The molecule has 1 aromatic carbocycles. The van der Waals surface area contributed by atoms with Crippen molar-refractivity contribution in [3.05, 3.63) is 60.2 Å². The van der Waals surface area contributed by atoms with Crippen LogP contribution in [0.3, 0.4) is 0 Å². The first kappa shape index (κ1) is 25.6. The Kier molecular flexibility index (Phi) is 7.43. The molecule has 1 N–H and O–H groups in total. The predicted molar refractivity (Wildman–Crippen MR) is 139 cm³/mol. The molecule has 1 aliphatic heterocycles. The summed E-state index contributed by atoms with van der Waals surface area (Å²) >= 11 is 0. The Morgan fingerprint density at radius 2 is 2.08 bits per heavy atom. The van der Waals surface area contributed by atoms with Crippen molar-refractivity contribution in [3.8, 4) is 11.1 Å². The number of nitrogens with zero attached hydrogens (tertiary/aromatic N) is 1. The third-order valence-corrected chi connectivity index (χ3v) is 8.48. The van der Waals surface area contributed by atoms with Crippen molar-refractivity contribution in [1.82, 2.24) is 10.3 Å². The Morgan fingerprint density at radius 1 is 1.24 bits per heavy atom. The van der Waals surface area contributed by atoms with Crippen LogP contribution in [0.25, 0.3) is 17.2 Å². The zero-order valence-corrected chi connectivity index (χ0v) is 21.5. The smallest absolute Gasteiger partial charge is 0.327 e. The highest BCUT2D eigenvalue weighted by Crippen LogP contribution is 2.55. The van der Waals surface area contributed by atoms with Gasteiger partial charge in [0.1, 0.15) is 17.5 Å². The van der Waals surface area contributed by atoms with E-state index in [4.69, 9.17) is 9.47 Å². The van der Waals surface area contributed by atoms with Gasteiger partial charge >= 0.3 is 11.9 Å². The van der Waals surface area contributed by atoms with Crippen LogP contribution < -0.4 is 5.32 Å². The quantitative estimate of drug-likeness (QED) is 0.522. The van der Waals surface area contributed by atoms with Crippen LogP contribution in [0.2, 0.25) is 0 Å². The number of cyclic esters (lactones) is 1. The molecule has 0 spiro atoms. The highest BCUT2D eigenvalue weighted by Gasteiger charge is 2.63. The molecule has 2 saturated carbocycles. The Labute approximate surface area is 217 Å². The lowest BCUT2D eigenvalue weighted by atomic mass is 9.54. The van der Waals surface area contributed by atoms with Crippen LogP contribution in [0.15, 0.2) is 48.7 Å². The van der Waals surface area contributed by atoms with E-state index < -0.39 is 5.54 Å². The minimum Gasteiger partial charge on any atom is -0.465 e. The Balaban J connectivity index is 1.42. The average molecular weight is 507 g/mol. The summed E-state index contributed by atoms with van der Waals surface area (Å²) in [6.07, 6.45) is 11.0. The second-order valence-corrected chi connectivity index (χ2v) is 10.6. The number of allylic oxidation sites excluding steroid dienone is 1. The SMILES string of the molecule is CCOC(=O)CN[C@@]12C[C@@H]3CCCC[C@H]3[C@H](/C=C/c3ccc(-c4cccc(F)c4)cn3)[C@@H]1[C@@H](C)OC2=O. The molecule has 0 bridgehead atoms. The normalized spacial score (nSPS) is 31.0. The molecule has 0 radical (unpaired) electrons. The topological polar surface area (TPSA) is 77.5 Å². The lowest BCUT2D eigenvalue weighted by molar-refractivity contribution is -0.148. The summed E-state index contributed by atoms with van der Waals surface area (Å²) in [6, 6.07) is 10.4. The Bertz CT molecular complexity index is 1170. The maximum atomic E-state index is 13.6. The van der Waals surface area contributed by atoms with Crippen LogP contribution in [0.5, 0.6) is 0 Å². The van der Waals surface area contributed by atoms with Crippen LogP contribution in [-0.2, 0) is 19.1 Å². The van der Waals surface area contributed by atoms with Gasteiger partial charge in [-0.25, -0.2) is 4.39 Å². The van der Waals surface area contributed by atoms with Crippen LogP contribution in [-0.4, -0.2) is 41.7 Å². The highest BCUT2D eigenvalue weighted by atomic mass is 19.1. The van der Waals surface area contributed by atoms with E-state index in [1.54, 1.807) is 19.2 Å². The van der Waals surface area contributed by atoms with Crippen molar-refractivity contribution >= 4 is 18.0 Å². The number of rotatable bonds is 7. The zero-order valence-electron chi connectivity index (χ0n) is 21.5. The van der Waals surface area contributed by atoms with Crippen molar-refractivity contribution in [2.45, 2.75) is 57.6 Å². The molecule has 2 heterocycles. The number of aromatic nitrogens is 1. The molecule has 3 fully saturated rings. The van der Waals surface area contributed by atoms with E-state index in [-0.39, 0.29) is 42.2 Å². The Morgan fingerprint density at radius 3 is 2.84 bits per heavy atom. The largest absolute Gasteiger partial charge is 0.465 e. The van der Waals surface area contributed by atoms with Gasteiger partial charge in [0.25, 0.3) is 0 Å². The van der Waals surface area contributed by atoms with Gasteiger partial charge in [-0.3, -0.25) is 19.9 Å². The van der Waals surface area contributed by atoms with Crippen LogP contribution in [0.1, 0.15) is 51.6 Å². The van der Waals surface area contributed by atoms with Crippen molar-refractivity contribution in [3.63, 3.8) is 0 Å². The molecule has 3 aliphatic rings. The molecule has 6 nitrogen and oxygen atoms in total. The number of halogens is 1. The Hall–Kier alpha value is -3.06. The van der Waals surface area contributed by atoms with Gasteiger partial charge in [0, 0.05) is 17.7 Å². The van der Waals surface area contributed by atoms with Gasteiger partial charge in [0.05, 0.1) is 18.8 Å². The van der Waals surface area contributed by atoms with E-state index in [1.807, 2.05) is 31.2 Å². The van der Waals surface area contributed by atoms with E-state index >= 15 is 0 Å². The standard InChI is InChI=1S/C30H35FN2O4/c1-3-36-27(34)18-33-30-16-21-7-4-5-10-25(21)26(28(30)19(2)37-29(30)35)14-13-24-12-11-22(17-32-24)20-8-6-9-23(31)15-20/h6,8-9,11-15,17,19,21,25-26,28,33H,3-5,7,10,16,18H2,1-2H3/b14-13+/t19-,21+,25-,26+,28+,30+/m1/s1. The van der Waals surface area contributed by atoms with Gasteiger partial charge in [-0.15, -0.1) is 0 Å². The molecular formula is C30H35FN2O4. The van der Waals surface area contributed by atoms with E-state index in [1.165, 1.54) is 18.6 Å². The molecule has 5 rings (SSSR count). The summed E-state index contributed by atoms with van der Waals surface area (Å²) in [6.45, 7) is 4.03. The third kappa shape index (κ3) is 5.06. The molecule has 1 aromatic heterocycles. The summed E-state index contributed by atoms with van der Waals surface area (Å²) in [5.41, 5.74) is 1.55. The maximum absolute atomic E-state index is 13.6. The zero-order chi connectivity index (χ0) is 26.0. The molecule has 0 unspecified atom stereocenters. The van der Waals surface area contributed by atoms with E-state index in [0.29, 0.717) is 24.9 Å². The van der Waals surface area contributed by atoms with Crippen molar-refractivity contribution in [1.29, 1.82) is 0 Å². The number of fused-ring (bicyclic) bond motifs is 2. The number of ether oxygens (including phenoxy) is 2. The van der Waals surface area contributed by atoms with Gasteiger partial charge in [0.2, 0.25) is 0 Å². The number of nitrogens with one attached hydrogen (secondary N) is 1. The molecule has 37 heavy (non-hydrogen) atoms. The average Bonchev–Trinajstić information content (AvgIpc) is 3.15. The number of hydrogen-bond donors (Lipinski definition) is 1. The number of esters is 2. The third-order valence-electron chi connectivity index (χ3n) is 8.48. The van der Waals surface area contributed by atoms with Crippen molar-refractivity contribution < 1.29 is 23.5 Å². The molecule has 7 heteroatoms.